The molecule has 50 heavy (non-hydrogen) atoms. The number of likely N-dealkylation sites (N-methyl/N-ethyl adjacent to an activating group) is 1. The van der Waals surface area contributed by atoms with Crippen molar-refractivity contribution in [2.24, 2.45) is 11.3 Å². The molecule has 2 aliphatic heterocycles. The molecule has 1 spiro atoms. The minimum atomic E-state index is -1.26. The molecule has 276 valence electrons. The predicted molar refractivity (Wildman–Crippen MR) is 186 cm³/mol. The number of benzene rings is 1. The summed E-state index contributed by atoms with van der Waals surface area (Å²) >= 11 is 0. The summed E-state index contributed by atoms with van der Waals surface area (Å²) in [6.45, 7) is 17.9. The number of halogens is 1. The van der Waals surface area contributed by atoms with E-state index in [0.29, 0.717) is 43.0 Å². The molecule has 2 aromatic rings. The van der Waals surface area contributed by atoms with Gasteiger partial charge in [-0.05, 0) is 71.3 Å². The monoisotopic (exact) mass is 701 g/mol. The number of carboxylic acids is 2. The highest BCUT2D eigenvalue weighted by Crippen LogP contribution is 2.44. The highest BCUT2D eigenvalue weighted by molar-refractivity contribution is 5.97. The fourth-order valence-electron chi connectivity index (χ4n) is 6.55. The Bertz CT molecular complexity index is 1470. The summed E-state index contributed by atoms with van der Waals surface area (Å²) < 4.78 is 20.4. The molecule has 1 aromatic carbocycles. The van der Waals surface area contributed by atoms with Gasteiger partial charge in [-0.1, -0.05) is 20.8 Å². The van der Waals surface area contributed by atoms with Crippen LogP contribution in [0.2, 0.25) is 0 Å². The molecule has 0 saturated carbocycles. The summed E-state index contributed by atoms with van der Waals surface area (Å²) in [5, 5.41) is 34.5. The molecule has 0 bridgehead atoms. The fourth-order valence-corrected chi connectivity index (χ4v) is 6.55. The average Bonchev–Trinajstić information content (AvgIpc) is 3.49. The largest absolute Gasteiger partial charge is 0.478 e. The number of carbonyl (C=O) groups excluding carboxylic acids is 1. The van der Waals surface area contributed by atoms with Crippen molar-refractivity contribution in [3.63, 3.8) is 0 Å². The maximum atomic E-state index is 14.3. The van der Waals surface area contributed by atoms with E-state index in [4.69, 9.17) is 14.9 Å². The van der Waals surface area contributed by atoms with Crippen molar-refractivity contribution >= 4 is 23.7 Å². The summed E-state index contributed by atoms with van der Waals surface area (Å²) in [4.78, 5) is 45.4. The van der Waals surface area contributed by atoms with Gasteiger partial charge >= 0.3 is 11.9 Å². The Morgan fingerprint density at radius 3 is 2.28 bits per heavy atom. The van der Waals surface area contributed by atoms with Gasteiger partial charge in [0, 0.05) is 68.9 Å². The highest BCUT2D eigenvalue weighted by atomic mass is 19.1. The summed E-state index contributed by atoms with van der Waals surface area (Å²) in [6.07, 6.45) is 3.95. The third-order valence-electron chi connectivity index (χ3n) is 9.17. The maximum absolute atomic E-state index is 14.3. The lowest BCUT2D eigenvalue weighted by atomic mass is 9.76. The zero-order valence-electron chi connectivity index (χ0n) is 30.1. The zero-order valence-corrected chi connectivity index (χ0v) is 30.1. The molecule has 1 amide bonds. The average molecular weight is 702 g/mol. The van der Waals surface area contributed by atoms with E-state index < -0.39 is 17.8 Å². The Kier molecular flexibility index (Phi) is 14.6. The van der Waals surface area contributed by atoms with Gasteiger partial charge in [-0.15, -0.1) is 10.2 Å². The number of aliphatic hydroxyl groups excluding tert-OH is 1. The third-order valence-corrected chi connectivity index (χ3v) is 9.17. The number of nitrogens with zero attached hydrogens (tertiary/aromatic N) is 7. The SMILES string of the molecule is CCN(C)CC(O)CC(C(C)C)N1CC2(CCN(c3ncnnc3Oc3ccc(F)cc3C(=O)N(CC)C(C)C)C2)C1.O=C(O)/C=C/C(=O)O. The van der Waals surface area contributed by atoms with Crippen LogP contribution in [0, 0.1) is 17.2 Å². The lowest BCUT2D eigenvalue weighted by Crippen LogP contribution is -2.62. The van der Waals surface area contributed by atoms with Crippen LogP contribution in [0.15, 0.2) is 36.7 Å². The van der Waals surface area contributed by atoms with E-state index in [1.165, 1.54) is 24.5 Å². The Balaban J connectivity index is 0.000000753. The van der Waals surface area contributed by atoms with Gasteiger partial charge in [0.05, 0.1) is 11.7 Å². The minimum Gasteiger partial charge on any atom is -0.478 e. The maximum Gasteiger partial charge on any atom is 0.328 e. The number of rotatable bonds is 15. The van der Waals surface area contributed by atoms with Gasteiger partial charge in [0.15, 0.2) is 5.82 Å². The van der Waals surface area contributed by atoms with E-state index in [2.05, 4.69) is 50.7 Å². The molecule has 0 radical (unpaired) electrons. The van der Waals surface area contributed by atoms with E-state index in [1.807, 2.05) is 27.8 Å². The van der Waals surface area contributed by atoms with Crippen LogP contribution in [0.4, 0.5) is 10.2 Å². The van der Waals surface area contributed by atoms with Crippen molar-refractivity contribution in [1.82, 2.24) is 29.9 Å². The van der Waals surface area contributed by atoms with Crippen LogP contribution in [0.1, 0.15) is 64.7 Å². The van der Waals surface area contributed by atoms with E-state index in [9.17, 15) is 23.9 Å². The molecule has 2 fully saturated rings. The van der Waals surface area contributed by atoms with E-state index >= 15 is 0 Å². The van der Waals surface area contributed by atoms with Crippen molar-refractivity contribution < 1.29 is 38.8 Å². The summed E-state index contributed by atoms with van der Waals surface area (Å²) in [7, 11) is 2.04. The second-order valence-electron chi connectivity index (χ2n) is 13.7. The van der Waals surface area contributed by atoms with Gasteiger partial charge in [-0.2, -0.15) is 0 Å². The minimum absolute atomic E-state index is 0.0496. The highest BCUT2D eigenvalue weighted by Gasteiger charge is 2.50. The molecular formula is C35H52FN7O7. The van der Waals surface area contributed by atoms with Crippen LogP contribution >= 0.6 is 0 Å². The molecule has 1 aromatic heterocycles. The van der Waals surface area contributed by atoms with Gasteiger partial charge in [0.1, 0.15) is 17.9 Å². The summed E-state index contributed by atoms with van der Waals surface area (Å²) in [6, 6.07) is 4.22. The first kappa shape index (κ1) is 40.2. The number of hydrogen-bond donors (Lipinski definition) is 3. The lowest BCUT2D eigenvalue weighted by molar-refractivity contribution is -0.134. The number of aliphatic carboxylic acids is 2. The number of aromatic nitrogens is 3. The van der Waals surface area contributed by atoms with E-state index in [1.54, 1.807) is 4.90 Å². The Hall–Kier alpha value is -4.21. The van der Waals surface area contributed by atoms with Crippen molar-refractivity contribution in [2.75, 3.05) is 57.8 Å². The van der Waals surface area contributed by atoms with Crippen LogP contribution < -0.4 is 9.64 Å². The Morgan fingerprint density at radius 2 is 1.72 bits per heavy atom. The number of ether oxygens (including phenoxy) is 1. The van der Waals surface area contributed by atoms with Crippen LogP contribution in [-0.2, 0) is 9.59 Å². The quantitative estimate of drug-likeness (QED) is 0.230. The van der Waals surface area contributed by atoms with Gasteiger partial charge < -0.3 is 34.8 Å². The molecular weight excluding hydrogens is 649 g/mol. The predicted octanol–water partition coefficient (Wildman–Crippen LogP) is 3.62. The molecule has 2 aliphatic rings. The van der Waals surface area contributed by atoms with Gasteiger partial charge in [0.25, 0.3) is 11.8 Å². The molecule has 3 N–H and O–H groups in total. The molecule has 2 saturated heterocycles. The summed E-state index contributed by atoms with van der Waals surface area (Å²) in [5.41, 5.74) is 0.276. The van der Waals surface area contributed by atoms with E-state index in [-0.39, 0.29) is 40.7 Å². The molecule has 15 heteroatoms. The molecule has 4 rings (SSSR count). The second kappa shape index (κ2) is 18.2. The van der Waals surface area contributed by atoms with Crippen LogP contribution in [0.25, 0.3) is 0 Å². The van der Waals surface area contributed by atoms with Gasteiger partial charge in [-0.25, -0.2) is 19.0 Å². The molecule has 0 aliphatic carbocycles. The number of likely N-dealkylation sites (tertiary alicyclic amines) is 1. The number of carboxylic acid groups (broad SMARTS) is 2. The van der Waals surface area contributed by atoms with Crippen molar-refractivity contribution in [3.05, 3.63) is 48.1 Å². The van der Waals surface area contributed by atoms with Gasteiger partial charge in [-0.3, -0.25) is 9.69 Å². The Morgan fingerprint density at radius 1 is 1.06 bits per heavy atom. The first-order chi connectivity index (χ1) is 23.6. The molecule has 3 heterocycles. The normalized spacial score (nSPS) is 16.8. The number of aliphatic hydroxyl groups is 1. The summed E-state index contributed by atoms with van der Waals surface area (Å²) in [5.74, 6) is -1.90. The molecule has 2 unspecified atom stereocenters. The van der Waals surface area contributed by atoms with E-state index in [0.717, 1.165) is 45.6 Å². The number of anilines is 1. The lowest BCUT2D eigenvalue weighted by Gasteiger charge is -2.53. The topological polar surface area (TPSA) is 173 Å². The zero-order chi connectivity index (χ0) is 37.2. The number of hydrogen-bond acceptors (Lipinski definition) is 11. The first-order valence-corrected chi connectivity index (χ1v) is 17.0. The molecule has 2 atom stereocenters. The Labute approximate surface area is 293 Å². The smallest absolute Gasteiger partial charge is 0.328 e. The van der Waals surface area contributed by atoms with Crippen molar-refractivity contribution in [2.45, 2.75) is 72.6 Å². The van der Waals surface area contributed by atoms with Crippen molar-refractivity contribution in [3.8, 4) is 11.6 Å². The number of amides is 1. The standard InChI is InChI=1S/C31H48FN7O3.C4H4O4/c1-8-36(7)16-24(40)15-26(21(3)4)38-18-31(19-38)12-13-37(17-31)28-29(35-34-20-33-28)42-27-11-10-23(32)14-25(27)30(41)39(9-2)22(5)6;5-3(6)1-2-4(7)8/h10-11,14,20-22,24,26,40H,8-9,12-13,15-19H2,1-7H3;1-2H,(H,5,6)(H,7,8)/b;2-1+. The number of carbonyl (C=O) groups is 3. The molecule has 14 nitrogen and oxygen atoms in total. The van der Waals surface area contributed by atoms with Crippen LogP contribution in [0.5, 0.6) is 11.6 Å². The second-order valence-corrected chi connectivity index (χ2v) is 13.7. The van der Waals surface area contributed by atoms with Crippen molar-refractivity contribution in [1.29, 1.82) is 0 Å². The first-order valence-electron chi connectivity index (χ1n) is 17.0. The van der Waals surface area contributed by atoms with Crippen LogP contribution in [0.3, 0.4) is 0 Å². The van der Waals surface area contributed by atoms with Crippen LogP contribution in [-0.4, -0.2) is 134 Å². The fraction of sp³-hybridized carbons (Fsp3) is 0.600. The van der Waals surface area contributed by atoms with Gasteiger partial charge in [0.2, 0.25) is 0 Å². The third kappa shape index (κ3) is 10.9.